The van der Waals surface area contributed by atoms with Gasteiger partial charge >= 0.3 is 5.97 Å². The summed E-state index contributed by atoms with van der Waals surface area (Å²) in [6, 6.07) is 1.31. The van der Waals surface area contributed by atoms with E-state index in [2.05, 4.69) is 4.98 Å². The van der Waals surface area contributed by atoms with Gasteiger partial charge in [0.05, 0.1) is 12.1 Å². The lowest BCUT2D eigenvalue weighted by Crippen LogP contribution is -2.00. The van der Waals surface area contributed by atoms with Gasteiger partial charge in [-0.05, 0) is 6.07 Å². The first-order valence-corrected chi connectivity index (χ1v) is 5.40. The van der Waals surface area contributed by atoms with Crippen LogP contribution in [0, 0.1) is 0 Å². The van der Waals surface area contributed by atoms with Crippen LogP contribution in [0.25, 0.3) is 10.2 Å². The van der Waals surface area contributed by atoms with Gasteiger partial charge in [-0.2, -0.15) is 0 Å². The summed E-state index contributed by atoms with van der Waals surface area (Å²) >= 11 is 7.06. The lowest BCUT2D eigenvalue weighted by atomic mass is 10.2. The third-order valence-corrected chi connectivity index (χ3v) is 3.20. The van der Waals surface area contributed by atoms with Gasteiger partial charge in [-0.15, -0.1) is 0 Å². The fraction of sp³-hybridized carbons (Fsp3) is 0.111. The largest absolute Gasteiger partial charge is 0.494 e. The Hall–Kier alpha value is -1.53. The van der Waals surface area contributed by atoms with Crippen molar-refractivity contribution in [1.29, 1.82) is 0 Å². The molecule has 84 valence electrons. The second-order valence-electron chi connectivity index (χ2n) is 2.97. The molecule has 0 aliphatic heterocycles. The first-order chi connectivity index (χ1) is 7.54. The number of methoxy groups -OCH3 is 1. The van der Waals surface area contributed by atoms with Crippen molar-refractivity contribution in [3.05, 3.63) is 16.7 Å². The fourth-order valence-electron chi connectivity index (χ4n) is 1.40. The number of ether oxygens (including phenoxy) is 1. The maximum atomic E-state index is 11.0. The van der Waals surface area contributed by atoms with Crippen LogP contribution in [0.5, 0.6) is 5.75 Å². The molecule has 7 heteroatoms. The lowest BCUT2D eigenvalue weighted by molar-refractivity contribution is 0.0693. The summed E-state index contributed by atoms with van der Waals surface area (Å²) in [5, 5.41) is 9.57. The van der Waals surface area contributed by atoms with Crippen LogP contribution in [0.4, 0.5) is 5.13 Å². The molecule has 0 amide bonds. The molecular formula is C9H7ClN2O3S. The van der Waals surface area contributed by atoms with E-state index in [-0.39, 0.29) is 16.3 Å². The molecule has 2 rings (SSSR count). The van der Waals surface area contributed by atoms with Crippen molar-refractivity contribution >= 4 is 44.3 Å². The van der Waals surface area contributed by atoms with Gasteiger partial charge in [0.25, 0.3) is 0 Å². The van der Waals surface area contributed by atoms with Gasteiger partial charge in [0.1, 0.15) is 15.8 Å². The summed E-state index contributed by atoms with van der Waals surface area (Å²) in [4.78, 5) is 15.0. The van der Waals surface area contributed by atoms with Crippen LogP contribution < -0.4 is 10.5 Å². The number of hydrogen-bond acceptors (Lipinski definition) is 5. The molecule has 5 nitrogen and oxygen atoms in total. The highest BCUT2D eigenvalue weighted by Gasteiger charge is 2.19. The summed E-state index contributed by atoms with van der Waals surface area (Å²) < 4.78 is 5.61. The maximum absolute atomic E-state index is 11.0. The zero-order chi connectivity index (χ0) is 11.9. The van der Waals surface area contributed by atoms with Crippen LogP contribution >= 0.6 is 22.9 Å². The van der Waals surface area contributed by atoms with E-state index in [1.807, 2.05) is 0 Å². The molecule has 0 saturated carbocycles. The van der Waals surface area contributed by atoms with Gasteiger partial charge in [-0.3, -0.25) is 0 Å². The van der Waals surface area contributed by atoms with Crippen molar-refractivity contribution in [2.24, 2.45) is 0 Å². The number of nitrogens with two attached hydrogens (primary N) is 1. The topological polar surface area (TPSA) is 85.4 Å². The molecule has 0 radical (unpaired) electrons. The molecule has 1 heterocycles. The Morgan fingerprint density at radius 3 is 2.94 bits per heavy atom. The van der Waals surface area contributed by atoms with Crippen molar-refractivity contribution < 1.29 is 14.6 Å². The van der Waals surface area contributed by atoms with Crippen LogP contribution in [-0.4, -0.2) is 23.2 Å². The van der Waals surface area contributed by atoms with Crippen LogP contribution in [0.15, 0.2) is 6.07 Å². The monoisotopic (exact) mass is 258 g/mol. The first-order valence-electron chi connectivity index (χ1n) is 4.20. The van der Waals surface area contributed by atoms with Crippen molar-refractivity contribution in [1.82, 2.24) is 4.98 Å². The maximum Gasteiger partial charge on any atom is 0.339 e. The van der Waals surface area contributed by atoms with E-state index in [9.17, 15) is 4.79 Å². The molecule has 0 bridgehead atoms. The molecule has 3 N–H and O–H groups in total. The Labute approximate surface area is 99.4 Å². The third-order valence-electron chi connectivity index (χ3n) is 2.03. The number of hydrogen-bond donors (Lipinski definition) is 2. The number of carbonyl (C=O) groups is 1. The smallest absolute Gasteiger partial charge is 0.339 e. The standard InChI is InChI=1S/C9H7ClN2O3S/c1-15-6-3(8(13)14)2-4(10)5-7(6)16-9(11)12-5/h2H,1H3,(H2,11,12)(H,13,14). The predicted octanol–water partition coefficient (Wildman–Crippen LogP) is 2.24. The molecule has 0 unspecified atom stereocenters. The quantitative estimate of drug-likeness (QED) is 0.863. The Kier molecular flexibility index (Phi) is 2.61. The second kappa shape index (κ2) is 3.80. The zero-order valence-corrected chi connectivity index (χ0v) is 9.72. The molecule has 0 atom stereocenters. The van der Waals surface area contributed by atoms with Gasteiger partial charge in [-0.1, -0.05) is 22.9 Å². The van der Waals surface area contributed by atoms with E-state index in [1.165, 1.54) is 13.2 Å². The van der Waals surface area contributed by atoms with Gasteiger partial charge in [0, 0.05) is 0 Å². The number of carboxylic acids is 1. The fourth-order valence-corrected chi connectivity index (χ4v) is 2.58. The SMILES string of the molecule is COc1c(C(=O)O)cc(Cl)c2nc(N)sc12. The predicted molar refractivity (Wildman–Crippen MR) is 62.6 cm³/mol. The second-order valence-corrected chi connectivity index (χ2v) is 4.41. The van der Waals surface area contributed by atoms with Gasteiger partial charge in [0.2, 0.25) is 0 Å². The van der Waals surface area contributed by atoms with Crippen molar-refractivity contribution in [3.63, 3.8) is 0 Å². The number of benzene rings is 1. The van der Waals surface area contributed by atoms with E-state index in [0.29, 0.717) is 15.3 Å². The van der Waals surface area contributed by atoms with Gasteiger partial charge in [-0.25, -0.2) is 9.78 Å². The number of nitrogen functional groups attached to an aromatic ring is 1. The number of carboxylic acid groups (broad SMARTS) is 1. The number of anilines is 1. The van der Waals surface area contributed by atoms with Crippen LogP contribution in [0.1, 0.15) is 10.4 Å². The number of fused-ring (bicyclic) bond motifs is 1. The van der Waals surface area contributed by atoms with E-state index in [4.69, 9.17) is 27.2 Å². The van der Waals surface area contributed by atoms with E-state index in [0.717, 1.165) is 11.3 Å². The molecule has 0 aliphatic carbocycles. The van der Waals surface area contributed by atoms with E-state index >= 15 is 0 Å². The number of aromatic carboxylic acids is 1. The first kappa shape index (κ1) is 11.0. The average Bonchev–Trinajstić information content (AvgIpc) is 2.60. The number of rotatable bonds is 2. The minimum atomic E-state index is -1.10. The molecule has 1 aromatic heterocycles. The molecule has 0 fully saturated rings. The Morgan fingerprint density at radius 1 is 1.69 bits per heavy atom. The minimum absolute atomic E-state index is 0.00338. The van der Waals surface area contributed by atoms with Crippen molar-refractivity contribution in [2.45, 2.75) is 0 Å². The van der Waals surface area contributed by atoms with Crippen LogP contribution in [0.2, 0.25) is 5.02 Å². The molecule has 0 aliphatic rings. The highest BCUT2D eigenvalue weighted by Crippen LogP contribution is 2.39. The average molecular weight is 259 g/mol. The number of thiazole rings is 1. The summed E-state index contributed by atoms with van der Waals surface area (Å²) in [7, 11) is 1.39. The lowest BCUT2D eigenvalue weighted by Gasteiger charge is -2.06. The number of aromatic nitrogens is 1. The van der Waals surface area contributed by atoms with Crippen molar-refractivity contribution in [2.75, 3.05) is 12.8 Å². The summed E-state index contributed by atoms with van der Waals surface area (Å²) in [6.45, 7) is 0. The molecular weight excluding hydrogens is 252 g/mol. The summed E-state index contributed by atoms with van der Waals surface area (Å²) in [6.07, 6.45) is 0. The highest BCUT2D eigenvalue weighted by molar-refractivity contribution is 7.22. The Bertz CT molecular complexity index is 582. The van der Waals surface area contributed by atoms with Gasteiger partial charge in [0.15, 0.2) is 10.9 Å². The van der Waals surface area contributed by atoms with Crippen LogP contribution in [-0.2, 0) is 0 Å². The third kappa shape index (κ3) is 1.56. The van der Waals surface area contributed by atoms with Gasteiger partial charge < -0.3 is 15.6 Å². The Morgan fingerprint density at radius 2 is 2.38 bits per heavy atom. The molecule has 0 spiro atoms. The molecule has 1 aromatic carbocycles. The highest BCUT2D eigenvalue weighted by atomic mass is 35.5. The number of halogens is 1. The molecule has 16 heavy (non-hydrogen) atoms. The van der Waals surface area contributed by atoms with E-state index in [1.54, 1.807) is 0 Å². The Balaban J connectivity index is 2.89. The molecule has 2 aromatic rings. The summed E-state index contributed by atoms with van der Waals surface area (Å²) in [5.74, 6) is -0.867. The minimum Gasteiger partial charge on any atom is -0.494 e. The summed E-state index contributed by atoms with van der Waals surface area (Å²) in [5.41, 5.74) is 6.02. The number of nitrogens with zero attached hydrogens (tertiary/aromatic N) is 1. The van der Waals surface area contributed by atoms with E-state index < -0.39 is 5.97 Å². The van der Waals surface area contributed by atoms with Crippen molar-refractivity contribution in [3.8, 4) is 5.75 Å². The molecule has 0 saturated heterocycles. The zero-order valence-electron chi connectivity index (χ0n) is 8.15. The normalized spacial score (nSPS) is 10.6. The van der Waals surface area contributed by atoms with Crippen LogP contribution in [0.3, 0.4) is 0 Å².